The Morgan fingerprint density at radius 1 is 0.833 bits per heavy atom. The number of methoxy groups -OCH3 is 1. The Bertz CT molecular complexity index is 2450. The maximum atomic E-state index is 15.1. The molecule has 0 amide bonds. The van der Waals surface area contributed by atoms with Gasteiger partial charge in [-0.3, -0.25) is 4.79 Å². The molecule has 0 bridgehead atoms. The molecule has 0 fully saturated rings. The van der Waals surface area contributed by atoms with Crippen LogP contribution in [0.15, 0.2) is 76.8 Å². The smallest absolute Gasteiger partial charge is 0.201 e. The van der Waals surface area contributed by atoms with E-state index in [9.17, 15) is 25.5 Å². The van der Waals surface area contributed by atoms with Gasteiger partial charge in [-0.25, -0.2) is 0 Å². The number of furan rings is 1. The number of hydrogen-bond acceptors (Lipinski definition) is 10. The summed E-state index contributed by atoms with van der Waals surface area (Å²) in [7, 11) is 1.46. The van der Waals surface area contributed by atoms with Crippen LogP contribution in [0.4, 0.5) is 0 Å². The largest absolute Gasteiger partial charge is 0.507 e. The highest BCUT2D eigenvalue weighted by Gasteiger charge is 2.44. The van der Waals surface area contributed by atoms with Gasteiger partial charge in [0.2, 0.25) is 5.78 Å². The number of fused-ring (bicyclic) bond motifs is 6. The van der Waals surface area contributed by atoms with Gasteiger partial charge in [0, 0.05) is 45.3 Å². The maximum absolute atomic E-state index is 15.1. The third kappa shape index (κ3) is 5.97. The number of phenolic OH excluding ortho intramolecular Hbond substituents is 5. The van der Waals surface area contributed by atoms with E-state index in [2.05, 4.69) is 6.58 Å². The average molecular weight is 731 g/mol. The Morgan fingerprint density at radius 3 is 2.17 bits per heavy atom. The molecule has 1 aromatic heterocycles. The number of phenols is 5. The van der Waals surface area contributed by atoms with Crippen LogP contribution >= 0.6 is 0 Å². The minimum atomic E-state index is -0.647. The van der Waals surface area contributed by atoms with Crippen LogP contribution in [0, 0.1) is 0 Å². The molecule has 10 nitrogen and oxygen atoms in total. The molecule has 0 unspecified atom stereocenters. The molecule has 0 saturated heterocycles. The molecule has 0 radical (unpaired) electrons. The average Bonchev–Trinajstić information content (AvgIpc) is 3.68. The third-order valence-corrected chi connectivity index (χ3v) is 10.1. The molecule has 278 valence electrons. The molecule has 0 aliphatic carbocycles. The molecule has 54 heavy (non-hydrogen) atoms. The number of benzene rings is 4. The van der Waals surface area contributed by atoms with Gasteiger partial charge in [0.25, 0.3) is 0 Å². The van der Waals surface area contributed by atoms with E-state index in [1.807, 2.05) is 39.8 Å². The molecule has 10 heteroatoms. The highest BCUT2D eigenvalue weighted by atomic mass is 16.5. The van der Waals surface area contributed by atoms with Gasteiger partial charge in [-0.15, -0.1) is 0 Å². The molecule has 2 aliphatic heterocycles. The van der Waals surface area contributed by atoms with Gasteiger partial charge in [0.05, 0.1) is 36.3 Å². The number of ketones is 1. The SMILES string of the molecule is C=C(C)c1cc2c(cc1O)OC[C@H]1c3cc(C(=O)c4c(-c5ccc(OC)cc5O)oc5c(CC=C(C)C)c(O)c(O)cc45)c(O)c(CC=C(C)C)c3O[C@@H]21. The van der Waals surface area contributed by atoms with Crippen molar-refractivity contribution in [3.63, 3.8) is 0 Å². The van der Waals surface area contributed by atoms with Gasteiger partial charge in [-0.1, -0.05) is 29.9 Å². The second-order valence-electron chi connectivity index (χ2n) is 14.4. The number of allylic oxidation sites excluding steroid dienone is 5. The lowest BCUT2D eigenvalue weighted by Gasteiger charge is -2.28. The summed E-state index contributed by atoms with van der Waals surface area (Å²) in [5.74, 6) is -1.12. The summed E-state index contributed by atoms with van der Waals surface area (Å²) in [4.78, 5) is 15.1. The molecule has 7 rings (SSSR count). The van der Waals surface area contributed by atoms with Crippen molar-refractivity contribution in [1.29, 1.82) is 0 Å². The quantitative estimate of drug-likeness (QED) is 0.0562. The summed E-state index contributed by atoms with van der Waals surface area (Å²) in [6.45, 7) is 13.6. The van der Waals surface area contributed by atoms with Gasteiger partial charge in [-0.2, -0.15) is 0 Å². The number of hydrogen-bond donors (Lipinski definition) is 5. The van der Waals surface area contributed by atoms with Crippen molar-refractivity contribution in [3.05, 3.63) is 111 Å². The van der Waals surface area contributed by atoms with Crippen molar-refractivity contribution >= 4 is 22.3 Å². The number of carbonyl (C=O) groups is 1. The number of ether oxygens (including phenoxy) is 3. The zero-order valence-electron chi connectivity index (χ0n) is 31.0. The van der Waals surface area contributed by atoms with Crippen molar-refractivity contribution in [2.75, 3.05) is 13.7 Å². The first kappa shape index (κ1) is 36.1. The van der Waals surface area contributed by atoms with E-state index in [4.69, 9.17) is 18.6 Å². The molecule has 3 heterocycles. The standard InChI is InChI=1S/C44H42O10/c1-20(2)8-11-25-38(48)31(16-28-32-19-52-36-18-34(46)27(22(5)6)15-29(36)43(32)53-41(25)28)40(50)37-30-17-35(47)39(49)26(12-9-21(3)4)42(30)54-44(37)24-13-10-23(51-7)14-33(24)45/h8-10,13-18,32,43,45-49H,5,11-12,19H2,1-4,6-7H3/t32-,43-/m0/s1. The third-order valence-electron chi connectivity index (χ3n) is 10.1. The normalized spacial score (nSPS) is 15.4. The molecular weight excluding hydrogens is 688 g/mol. The molecule has 5 N–H and O–H groups in total. The summed E-state index contributed by atoms with van der Waals surface area (Å²) in [5.41, 5.74) is 5.38. The molecule has 4 aromatic carbocycles. The van der Waals surface area contributed by atoms with E-state index < -0.39 is 23.4 Å². The topological polar surface area (TPSA) is 159 Å². The van der Waals surface area contributed by atoms with Crippen LogP contribution in [0.2, 0.25) is 0 Å². The first-order valence-electron chi connectivity index (χ1n) is 17.6. The second kappa shape index (κ2) is 13.6. The van der Waals surface area contributed by atoms with E-state index in [1.165, 1.54) is 19.2 Å². The summed E-state index contributed by atoms with van der Waals surface area (Å²) in [5, 5.41) is 56.1. The minimum Gasteiger partial charge on any atom is -0.507 e. The fourth-order valence-electron chi connectivity index (χ4n) is 7.25. The lowest BCUT2D eigenvalue weighted by molar-refractivity contribution is 0.103. The van der Waals surface area contributed by atoms with E-state index >= 15 is 4.79 Å². The van der Waals surface area contributed by atoms with E-state index in [0.29, 0.717) is 45.1 Å². The zero-order valence-corrected chi connectivity index (χ0v) is 31.0. The fourth-order valence-corrected chi connectivity index (χ4v) is 7.25. The highest BCUT2D eigenvalue weighted by molar-refractivity contribution is 6.21. The second-order valence-corrected chi connectivity index (χ2v) is 14.4. The molecule has 5 aromatic rings. The van der Waals surface area contributed by atoms with Crippen LogP contribution < -0.4 is 14.2 Å². The van der Waals surface area contributed by atoms with Crippen LogP contribution in [-0.2, 0) is 12.8 Å². The van der Waals surface area contributed by atoms with Crippen molar-refractivity contribution < 1.29 is 49.0 Å². The first-order valence-corrected chi connectivity index (χ1v) is 17.6. The van der Waals surface area contributed by atoms with Crippen LogP contribution in [0.1, 0.15) is 90.4 Å². The Hall–Kier alpha value is -6.29. The lowest BCUT2D eigenvalue weighted by atomic mass is 9.85. The number of rotatable bonds is 9. The highest BCUT2D eigenvalue weighted by Crippen LogP contribution is 2.56. The van der Waals surface area contributed by atoms with Gasteiger partial charge in [0.1, 0.15) is 51.9 Å². The van der Waals surface area contributed by atoms with Crippen LogP contribution in [0.5, 0.6) is 46.0 Å². The predicted molar refractivity (Wildman–Crippen MR) is 205 cm³/mol. The fraction of sp³-hybridized carbons (Fsp3) is 0.250. The number of aromatic hydroxyl groups is 5. The molecule has 2 aliphatic rings. The maximum Gasteiger partial charge on any atom is 0.201 e. The zero-order chi connectivity index (χ0) is 38.7. The van der Waals surface area contributed by atoms with E-state index in [0.717, 1.165) is 11.1 Å². The molecule has 0 spiro atoms. The van der Waals surface area contributed by atoms with Crippen LogP contribution in [0.25, 0.3) is 27.9 Å². The van der Waals surface area contributed by atoms with E-state index in [-0.39, 0.29) is 81.6 Å². The summed E-state index contributed by atoms with van der Waals surface area (Å²) < 4.78 is 24.5. The Balaban J connectivity index is 1.47. The molecule has 0 saturated carbocycles. The lowest BCUT2D eigenvalue weighted by Crippen LogP contribution is -2.23. The van der Waals surface area contributed by atoms with Crippen molar-refractivity contribution in [3.8, 4) is 57.3 Å². The Kier molecular flexibility index (Phi) is 9.09. The Labute approximate surface area is 312 Å². The summed E-state index contributed by atoms with van der Waals surface area (Å²) >= 11 is 0. The monoisotopic (exact) mass is 730 g/mol. The van der Waals surface area contributed by atoms with Crippen LogP contribution in [0.3, 0.4) is 0 Å². The van der Waals surface area contributed by atoms with Gasteiger partial charge in [0.15, 0.2) is 11.5 Å². The van der Waals surface area contributed by atoms with Crippen molar-refractivity contribution in [1.82, 2.24) is 0 Å². The van der Waals surface area contributed by atoms with Gasteiger partial charge in [-0.05, 0) is 83.4 Å². The Morgan fingerprint density at radius 2 is 1.52 bits per heavy atom. The van der Waals surface area contributed by atoms with Crippen molar-refractivity contribution in [2.24, 2.45) is 0 Å². The first-order chi connectivity index (χ1) is 25.7. The summed E-state index contributed by atoms with van der Waals surface area (Å²) in [6.07, 6.45) is 3.67. The van der Waals surface area contributed by atoms with Crippen LogP contribution in [-0.4, -0.2) is 45.0 Å². The van der Waals surface area contributed by atoms with Crippen molar-refractivity contribution in [2.45, 2.75) is 59.5 Å². The van der Waals surface area contributed by atoms with Gasteiger partial charge >= 0.3 is 0 Å². The molecular formula is C44H42O10. The summed E-state index contributed by atoms with van der Waals surface area (Å²) in [6, 6.07) is 10.8. The minimum absolute atomic E-state index is 0.0273. The predicted octanol–water partition coefficient (Wildman–Crippen LogP) is 9.53. The van der Waals surface area contributed by atoms with E-state index in [1.54, 1.807) is 37.3 Å². The van der Waals surface area contributed by atoms with Gasteiger partial charge < -0.3 is 44.2 Å². The number of carbonyl (C=O) groups excluding carboxylic acids is 1. The molecule has 2 atom stereocenters.